The van der Waals surface area contributed by atoms with Crippen LogP contribution < -0.4 is 0 Å². The zero-order valence-corrected chi connectivity index (χ0v) is 10.4. The van der Waals surface area contributed by atoms with E-state index in [0.29, 0.717) is 5.56 Å². The number of methoxy groups -OCH3 is 1. The van der Waals surface area contributed by atoms with Gasteiger partial charge in [0, 0.05) is 12.7 Å². The lowest BCUT2D eigenvalue weighted by atomic mass is 10.3. The van der Waals surface area contributed by atoms with Crippen LogP contribution in [0.15, 0.2) is 10.5 Å². The van der Waals surface area contributed by atoms with Gasteiger partial charge < -0.3 is 14.3 Å². The summed E-state index contributed by atoms with van der Waals surface area (Å²) in [6, 6.07) is 1.42. The molecule has 0 aliphatic heterocycles. The Bertz CT molecular complexity index is 499. The highest BCUT2D eigenvalue weighted by Crippen LogP contribution is 2.17. The molecule has 7 heteroatoms. The zero-order chi connectivity index (χ0) is 13.1. The molecule has 1 heterocycles. The van der Waals surface area contributed by atoms with Gasteiger partial charge in [0.15, 0.2) is 9.84 Å². The van der Waals surface area contributed by atoms with Crippen molar-refractivity contribution in [3.05, 3.63) is 23.2 Å². The van der Waals surface area contributed by atoms with Crippen molar-refractivity contribution in [1.82, 2.24) is 0 Å². The Morgan fingerprint density at radius 3 is 2.65 bits per heavy atom. The van der Waals surface area contributed by atoms with E-state index >= 15 is 0 Å². The number of carbonyl (C=O) groups is 1. The van der Waals surface area contributed by atoms with Crippen LogP contribution in [-0.2, 0) is 20.3 Å². The first kappa shape index (κ1) is 13.7. The normalized spacial score (nSPS) is 11.6. The van der Waals surface area contributed by atoms with E-state index in [1.165, 1.54) is 13.2 Å². The van der Waals surface area contributed by atoms with E-state index < -0.39 is 15.8 Å². The van der Waals surface area contributed by atoms with Gasteiger partial charge >= 0.3 is 5.97 Å². The SMILES string of the molecule is COCCS(=O)(=O)Cc1cc(C)c(C(=O)O)o1. The smallest absolute Gasteiger partial charge is 0.372 e. The summed E-state index contributed by atoms with van der Waals surface area (Å²) in [7, 11) is -1.93. The quantitative estimate of drug-likeness (QED) is 0.816. The Morgan fingerprint density at radius 1 is 1.53 bits per heavy atom. The van der Waals surface area contributed by atoms with Crippen LogP contribution in [0.2, 0.25) is 0 Å². The van der Waals surface area contributed by atoms with Crippen molar-refractivity contribution in [2.45, 2.75) is 12.7 Å². The van der Waals surface area contributed by atoms with Crippen LogP contribution >= 0.6 is 0 Å². The van der Waals surface area contributed by atoms with Gasteiger partial charge in [-0.3, -0.25) is 0 Å². The fraction of sp³-hybridized carbons (Fsp3) is 0.500. The standard InChI is InChI=1S/C10H14O6S/c1-7-5-8(16-9(7)10(11)12)6-17(13,14)4-3-15-2/h5H,3-4,6H2,1-2H3,(H,11,12). The van der Waals surface area contributed by atoms with Crippen molar-refractivity contribution in [3.8, 4) is 0 Å². The second-order valence-corrected chi connectivity index (χ2v) is 5.80. The first-order valence-electron chi connectivity index (χ1n) is 4.87. The molecule has 17 heavy (non-hydrogen) atoms. The molecule has 6 nitrogen and oxygen atoms in total. The summed E-state index contributed by atoms with van der Waals surface area (Å²) in [6.45, 7) is 1.66. The number of aromatic carboxylic acids is 1. The minimum absolute atomic E-state index is 0.105. The van der Waals surface area contributed by atoms with Gasteiger partial charge in [0.05, 0.1) is 12.4 Å². The van der Waals surface area contributed by atoms with Gasteiger partial charge in [-0.2, -0.15) is 0 Å². The third kappa shape index (κ3) is 3.86. The number of hydrogen-bond donors (Lipinski definition) is 1. The average molecular weight is 262 g/mol. The van der Waals surface area contributed by atoms with Crippen molar-refractivity contribution in [1.29, 1.82) is 0 Å². The van der Waals surface area contributed by atoms with Gasteiger partial charge in [0.1, 0.15) is 11.5 Å². The lowest BCUT2D eigenvalue weighted by molar-refractivity contribution is 0.0659. The van der Waals surface area contributed by atoms with Crippen LogP contribution in [0.1, 0.15) is 21.9 Å². The number of carboxylic acid groups (broad SMARTS) is 1. The molecule has 0 spiro atoms. The molecular formula is C10H14O6S. The minimum Gasteiger partial charge on any atom is -0.475 e. The van der Waals surface area contributed by atoms with Crippen LogP contribution in [0.25, 0.3) is 0 Å². The van der Waals surface area contributed by atoms with Gasteiger partial charge in [0.2, 0.25) is 5.76 Å². The molecule has 0 aromatic carbocycles. The van der Waals surface area contributed by atoms with E-state index in [1.54, 1.807) is 6.92 Å². The summed E-state index contributed by atoms with van der Waals surface area (Å²) >= 11 is 0. The summed E-state index contributed by atoms with van der Waals surface area (Å²) in [5.74, 6) is -1.73. The molecule has 0 atom stereocenters. The second kappa shape index (κ2) is 5.33. The maximum Gasteiger partial charge on any atom is 0.372 e. The maximum atomic E-state index is 11.6. The predicted molar refractivity (Wildman–Crippen MR) is 59.8 cm³/mol. The van der Waals surface area contributed by atoms with E-state index in [-0.39, 0.29) is 29.6 Å². The van der Waals surface area contributed by atoms with Crippen LogP contribution in [0, 0.1) is 6.92 Å². The van der Waals surface area contributed by atoms with Gasteiger partial charge in [0.25, 0.3) is 0 Å². The highest BCUT2D eigenvalue weighted by Gasteiger charge is 2.19. The Labute approximate surface area is 99.1 Å². The predicted octanol–water partition coefficient (Wildman–Crippen LogP) is 0.847. The Kier molecular flexibility index (Phi) is 4.30. The van der Waals surface area contributed by atoms with Crippen molar-refractivity contribution in [2.75, 3.05) is 19.5 Å². The first-order valence-corrected chi connectivity index (χ1v) is 6.70. The molecule has 0 unspecified atom stereocenters. The van der Waals surface area contributed by atoms with Gasteiger partial charge in [-0.1, -0.05) is 0 Å². The highest BCUT2D eigenvalue weighted by atomic mass is 32.2. The van der Waals surface area contributed by atoms with E-state index in [9.17, 15) is 13.2 Å². The summed E-state index contributed by atoms with van der Waals surface area (Å²) in [4.78, 5) is 10.7. The van der Waals surface area contributed by atoms with Gasteiger partial charge in [-0.15, -0.1) is 0 Å². The van der Waals surface area contributed by atoms with Crippen LogP contribution in [-0.4, -0.2) is 39.0 Å². The molecule has 0 saturated heterocycles. The number of rotatable bonds is 6. The summed E-state index contributed by atoms with van der Waals surface area (Å²) in [6.07, 6.45) is 0. The second-order valence-electron chi connectivity index (χ2n) is 3.61. The molecule has 0 radical (unpaired) electrons. The molecule has 1 aromatic heterocycles. The number of furan rings is 1. The van der Waals surface area contributed by atoms with Crippen LogP contribution in [0.5, 0.6) is 0 Å². The van der Waals surface area contributed by atoms with E-state index in [1.807, 2.05) is 0 Å². The lowest BCUT2D eigenvalue weighted by Crippen LogP contribution is -2.13. The number of ether oxygens (including phenoxy) is 1. The Balaban J connectivity index is 2.82. The fourth-order valence-electron chi connectivity index (χ4n) is 1.33. The summed E-state index contributed by atoms with van der Waals surface area (Å²) < 4.78 is 32.8. The molecule has 0 amide bonds. The Morgan fingerprint density at radius 2 is 2.18 bits per heavy atom. The van der Waals surface area contributed by atoms with E-state index in [0.717, 1.165) is 0 Å². The Hall–Kier alpha value is -1.34. The molecule has 0 saturated carbocycles. The molecule has 0 aliphatic carbocycles. The van der Waals surface area contributed by atoms with Gasteiger partial charge in [-0.25, -0.2) is 13.2 Å². The topological polar surface area (TPSA) is 93.8 Å². The van der Waals surface area contributed by atoms with Gasteiger partial charge in [-0.05, 0) is 13.0 Å². The van der Waals surface area contributed by atoms with Crippen LogP contribution in [0.3, 0.4) is 0 Å². The fourth-order valence-corrected chi connectivity index (χ4v) is 2.47. The maximum absolute atomic E-state index is 11.6. The largest absolute Gasteiger partial charge is 0.475 e. The molecule has 1 aromatic rings. The number of aryl methyl sites for hydroxylation is 1. The van der Waals surface area contributed by atoms with E-state index in [4.69, 9.17) is 9.52 Å². The zero-order valence-electron chi connectivity index (χ0n) is 9.60. The average Bonchev–Trinajstić information content (AvgIpc) is 2.55. The van der Waals surface area contributed by atoms with Crippen molar-refractivity contribution >= 4 is 15.8 Å². The lowest BCUT2D eigenvalue weighted by Gasteiger charge is -2.00. The van der Waals surface area contributed by atoms with Crippen LogP contribution in [0.4, 0.5) is 0 Å². The first-order chi connectivity index (χ1) is 7.85. The van der Waals surface area contributed by atoms with E-state index in [2.05, 4.69) is 4.74 Å². The molecule has 0 fully saturated rings. The summed E-state index contributed by atoms with van der Waals surface area (Å²) in [5.41, 5.74) is 0.412. The number of hydrogen-bond acceptors (Lipinski definition) is 5. The molecule has 0 bridgehead atoms. The molecule has 0 aliphatic rings. The molecule has 96 valence electrons. The molecule has 1 N–H and O–H groups in total. The van der Waals surface area contributed by atoms with Crippen molar-refractivity contribution in [3.63, 3.8) is 0 Å². The highest BCUT2D eigenvalue weighted by molar-refractivity contribution is 7.90. The third-order valence-corrected chi connectivity index (χ3v) is 3.64. The monoisotopic (exact) mass is 262 g/mol. The number of sulfone groups is 1. The molecular weight excluding hydrogens is 248 g/mol. The minimum atomic E-state index is -3.34. The third-order valence-electron chi connectivity index (χ3n) is 2.12. The van der Waals surface area contributed by atoms with Crippen molar-refractivity contribution < 1.29 is 27.5 Å². The van der Waals surface area contributed by atoms with Crippen molar-refractivity contribution in [2.24, 2.45) is 0 Å². The molecule has 1 rings (SSSR count). The summed E-state index contributed by atoms with van der Waals surface area (Å²) in [5, 5.41) is 8.76. The number of carboxylic acids is 1.